The first-order valence-corrected chi connectivity index (χ1v) is 10.0. The third-order valence-corrected chi connectivity index (χ3v) is 5.86. The summed E-state index contributed by atoms with van der Waals surface area (Å²) in [4.78, 5) is 0. The lowest BCUT2D eigenvalue weighted by molar-refractivity contribution is 0.679. The van der Waals surface area contributed by atoms with Gasteiger partial charge in [-0.15, -0.1) is 0 Å². The molecule has 0 bridgehead atoms. The van der Waals surface area contributed by atoms with Gasteiger partial charge in [-0.05, 0) is 24.0 Å². The highest BCUT2D eigenvalue weighted by Crippen LogP contribution is 2.42. The van der Waals surface area contributed by atoms with Crippen LogP contribution in [0, 0.1) is 0 Å². The smallest absolute Gasteiger partial charge is 0.0573 e. The van der Waals surface area contributed by atoms with Crippen molar-refractivity contribution in [1.29, 1.82) is 0 Å². The number of hydrogen-bond acceptors (Lipinski definition) is 3. The standard InChI is InChI=1S/C20H26OS2/c1-3-11-19(17-13-7-5-8-14-17)22-21-23-20(12-4-2)18-15-9-6-10-16-18/h5-10,13-16,19-20H,3-4,11-12H2,1-2H3. The lowest BCUT2D eigenvalue weighted by Gasteiger charge is -2.18. The highest BCUT2D eigenvalue weighted by atomic mass is 32.2. The van der Waals surface area contributed by atoms with Crippen LogP contribution in [0.15, 0.2) is 60.7 Å². The molecule has 0 amide bonds. The zero-order chi connectivity index (χ0) is 16.3. The van der Waals surface area contributed by atoms with Crippen LogP contribution in [-0.2, 0) is 3.63 Å². The quantitative estimate of drug-likeness (QED) is 0.415. The Morgan fingerprint density at radius 2 is 1.09 bits per heavy atom. The van der Waals surface area contributed by atoms with E-state index in [4.69, 9.17) is 3.63 Å². The zero-order valence-electron chi connectivity index (χ0n) is 14.0. The second-order valence-corrected chi connectivity index (χ2v) is 7.70. The summed E-state index contributed by atoms with van der Waals surface area (Å²) in [6.07, 6.45) is 4.60. The molecule has 0 aliphatic rings. The van der Waals surface area contributed by atoms with Crippen LogP contribution in [0.5, 0.6) is 0 Å². The van der Waals surface area contributed by atoms with Gasteiger partial charge in [0.25, 0.3) is 0 Å². The van der Waals surface area contributed by atoms with Gasteiger partial charge in [0, 0.05) is 24.1 Å². The van der Waals surface area contributed by atoms with E-state index < -0.39 is 0 Å². The lowest BCUT2D eigenvalue weighted by atomic mass is 10.1. The Hall–Kier alpha value is -0.900. The largest absolute Gasteiger partial charge is 0.246 e. The van der Waals surface area contributed by atoms with E-state index in [2.05, 4.69) is 74.5 Å². The van der Waals surface area contributed by atoms with Crippen molar-refractivity contribution >= 4 is 24.1 Å². The van der Waals surface area contributed by atoms with Crippen molar-refractivity contribution in [3.05, 3.63) is 71.8 Å². The highest BCUT2D eigenvalue weighted by Gasteiger charge is 2.16. The van der Waals surface area contributed by atoms with Gasteiger partial charge in [-0.25, -0.2) is 3.63 Å². The molecule has 0 heterocycles. The minimum Gasteiger partial charge on any atom is -0.246 e. The number of hydrogen-bond donors (Lipinski definition) is 0. The fraction of sp³-hybridized carbons (Fsp3) is 0.400. The van der Waals surface area contributed by atoms with Crippen LogP contribution < -0.4 is 0 Å². The van der Waals surface area contributed by atoms with Crippen LogP contribution in [0.2, 0.25) is 0 Å². The maximum atomic E-state index is 6.01. The first kappa shape index (κ1) is 18.4. The molecule has 2 aromatic carbocycles. The molecular weight excluding hydrogens is 320 g/mol. The van der Waals surface area contributed by atoms with Gasteiger partial charge in [0.15, 0.2) is 0 Å². The van der Waals surface area contributed by atoms with E-state index >= 15 is 0 Å². The fourth-order valence-corrected chi connectivity index (χ4v) is 4.66. The predicted molar refractivity (Wildman–Crippen MR) is 104 cm³/mol. The van der Waals surface area contributed by atoms with E-state index in [1.807, 2.05) is 0 Å². The van der Waals surface area contributed by atoms with Crippen molar-refractivity contribution < 1.29 is 3.63 Å². The molecule has 0 radical (unpaired) electrons. The van der Waals surface area contributed by atoms with Gasteiger partial charge in [0.1, 0.15) is 0 Å². The Bertz CT molecular complexity index is 480. The van der Waals surface area contributed by atoms with Crippen molar-refractivity contribution in [3.63, 3.8) is 0 Å². The van der Waals surface area contributed by atoms with Gasteiger partial charge in [-0.1, -0.05) is 87.4 Å². The summed E-state index contributed by atoms with van der Waals surface area (Å²) in [6.45, 7) is 4.46. The topological polar surface area (TPSA) is 9.23 Å². The highest BCUT2D eigenvalue weighted by molar-refractivity contribution is 8.08. The van der Waals surface area contributed by atoms with Crippen LogP contribution in [0.4, 0.5) is 0 Å². The van der Waals surface area contributed by atoms with Crippen LogP contribution in [-0.4, -0.2) is 0 Å². The molecule has 0 fully saturated rings. The minimum atomic E-state index is 0.409. The normalized spacial score (nSPS) is 13.7. The van der Waals surface area contributed by atoms with Crippen molar-refractivity contribution in [2.24, 2.45) is 0 Å². The van der Waals surface area contributed by atoms with Crippen LogP contribution in [0.1, 0.15) is 61.2 Å². The molecule has 23 heavy (non-hydrogen) atoms. The zero-order valence-corrected chi connectivity index (χ0v) is 15.6. The van der Waals surface area contributed by atoms with E-state index in [0.717, 1.165) is 25.7 Å². The van der Waals surface area contributed by atoms with E-state index in [0.29, 0.717) is 10.5 Å². The summed E-state index contributed by atoms with van der Waals surface area (Å²) in [7, 11) is 0. The maximum absolute atomic E-state index is 6.01. The van der Waals surface area contributed by atoms with Crippen LogP contribution >= 0.6 is 24.1 Å². The second-order valence-electron chi connectivity index (χ2n) is 5.64. The average molecular weight is 347 g/mol. The summed E-state index contributed by atoms with van der Waals surface area (Å²) >= 11 is 3.22. The molecule has 0 aliphatic heterocycles. The van der Waals surface area contributed by atoms with Crippen molar-refractivity contribution in [3.8, 4) is 0 Å². The SMILES string of the molecule is CCCC(SOSC(CCC)c1ccccc1)c1ccccc1. The van der Waals surface area contributed by atoms with Gasteiger partial charge in [0.05, 0.1) is 10.5 Å². The summed E-state index contributed by atoms with van der Waals surface area (Å²) in [5.41, 5.74) is 2.71. The second kappa shape index (κ2) is 10.8. The lowest BCUT2D eigenvalue weighted by Crippen LogP contribution is -1.96. The molecule has 0 saturated heterocycles. The summed E-state index contributed by atoms with van der Waals surface area (Å²) in [5, 5.41) is 0.818. The first-order valence-electron chi connectivity index (χ1n) is 8.43. The van der Waals surface area contributed by atoms with Gasteiger partial charge in [-0.2, -0.15) is 0 Å². The van der Waals surface area contributed by atoms with E-state index in [-0.39, 0.29) is 0 Å². The molecule has 0 aliphatic carbocycles. The van der Waals surface area contributed by atoms with E-state index in [1.54, 1.807) is 24.1 Å². The monoisotopic (exact) mass is 346 g/mol. The Kier molecular flexibility index (Phi) is 8.66. The summed E-state index contributed by atoms with van der Waals surface area (Å²) in [6, 6.07) is 21.4. The molecule has 2 aromatic rings. The summed E-state index contributed by atoms with van der Waals surface area (Å²) in [5.74, 6) is 0. The minimum absolute atomic E-state index is 0.409. The number of benzene rings is 2. The fourth-order valence-electron chi connectivity index (χ4n) is 2.52. The third-order valence-electron chi connectivity index (χ3n) is 3.76. The van der Waals surface area contributed by atoms with Gasteiger partial charge < -0.3 is 0 Å². The summed E-state index contributed by atoms with van der Waals surface area (Å²) < 4.78 is 6.01. The molecule has 2 unspecified atom stereocenters. The first-order chi connectivity index (χ1) is 11.3. The third kappa shape index (κ3) is 6.25. The molecule has 0 spiro atoms. The molecule has 2 rings (SSSR count). The molecule has 0 saturated carbocycles. The Labute approximate surface area is 149 Å². The molecule has 2 atom stereocenters. The Morgan fingerprint density at radius 3 is 1.43 bits per heavy atom. The number of rotatable bonds is 10. The molecule has 1 nitrogen and oxygen atoms in total. The van der Waals surface area contributed by atoms with E-state index in [1.165, 1.54) is 11.1 Å². The molecular formula is C20H26OS2. The van der Waals surface area contributed by atoms with E-state index in [9.17, 15) is 0 Å². The Morgan fingerprint density at radius 1 is 0.696 bits per heavy atom. The van der Waals surface area contributed by atoms with Crippen molar-refractivity contribution in [2.75, 3.05) is 0 Å². The predicted octanol–water partition coefficient (Wildman–Crippen LogP) is 7.38. The van der Waals surface area contributed by atoms with Crippen molar-refractivity contribution in [2.45, 2.75) is 50.0 Å². The van der Waals surface area contributed by atoms with Gasteiger partial charge in [-0.3, -0.25) is 0 Å². The van der Waals surface area contributed by atoms with Crippen LogP contribution in [0.3, 0.4) is 0 Å². The average Bonchev–Trinajstić information content (AvgIpc) is 2.61. The Balaban J connectivity index is 1.92. The molecule has 3 heteroatoms. The maximum Gasteiger partial charge on any atom is 0.0573 e. The van der Waals surface area contributed by atoms with Crippen molar-refractivity contribution in [1.82, 2.24) is 0 Å². The molecule has 0 aromatic heterocycles. The molecule has 124 valence electrons. The van der Waals surface area contributed by atoms with Gasteiger partial charge >= 0.3 is 0 Å². The van der Waals surface area contributed by atoms with Gasteiger partial charge in [0.2, 0.25) is 0 Å². The van der Waals surface area contributed by atoms with Crippen LogP contribution in [0.25, 0.3) is 0 Å². The molecule has 0 N–H and O–H groups in total.